The average molecular weight is 381 g/mol. The van der Waals surface area contributed by atoms with Crippen LogP contribution in [0.3, 0.4) is 0 Å². The molecule has 0 bridgehead atoms. The maximum Gasteiger partial charge on any atom is 0.297 e. The van der Waals surface area contributed by atoms with Crippen LogP contribution in [-0.2, 0) is 20.7 Å². The highest BCUT2D eigenvalue weighted by Gasteiger charge is 2.22. The van der Waals surface area contributed by atoms with E-state index in [1.54, 1.807) is 12.1 Å². The molecule has 0 aliphatic rings. The second kappa shape index (κ2) is 8.37. The summed E-state index contributed by atoms with van der Waals surface area (Å²) in [5.74, 6) is 0. The van der Waals surface area contributed by atoms with Crippen molar-refractivity contribution in [2.24, 2.45) is 0 Å². The van der Waals surface area contributed by atoms with E-state index in [9.17, 15) is 28.7 Å². The van der Waals surface area contributed by atoms with Gasteiger partial charge in [0.15, 0.2) is 0 Å². The minimum atomic E-state index is -4.04. The lowest BCUT2D eigenvalue weighted by molar-refractivity contribution is -0.384. The molecule has 0 aromatic heterocycles. The largest absolute Gasteiger partial charge is 0.390 e. The molecule has 2 N–H and O–H groups in total. The molecule has 0 aliphatic carbocycles. The SMILES string of the molecule is Cc1ccc(S(=O)(=O)OCC(O)C(O)Cc2ccc([N+](=O)[O-])cc2)cc1. The quantitative estimate of drug-likeness (QED) is 0.404. The van der Waals surface area contributed by atoms with Gasteiger partial charge in [-0.25, -0.2) is 0 Å². The van der Waals surface area contributed by atoms with Crippen LogP contribution in [0.25, 0.3) is 0 Å². The summed E-state index contributed by atoms with van der Waals surface area (Å²) in [5.41, 5.74) is 1.36. The molecule has 0 fully saturated rings. The Hall–Kier alpha value is -2.33. The Morgan fingerprint density at radius 1 is 1.04 bits per heavy atom. The Labute approximate surface area is 151 Å². The number of aliphatic hydroxyl groups excluding tert-OH is 2. The van der Waals surface area contributed by atoms with Crippen LogP contribution in [0.2, 0.25) is 0 Å². The summed E-state index contributed by atoms with van der Waals surface area (Å²) in [6, 6.07) is 11.5. The zero-order chi connectivity index (χ0) is 19.3. The minimum Gasteiger partial charge on any atom is -0.390 e. The molecular weight excluding hydrogens is 362 g/mol. The fourth-order valence-electron chi connectivity index (χ4n) is 2.17. The second-order valence-electron chi connectivity index (χ2n) is 5.81. The van der Waals surface area contributed by atoms with Gasteiger partial charge >= 0.3 is 0 Å². The summed E-state index contributed by atoms with van der Waals surface area (Å²) in [4.78, 5) is 10.0. The van der Waals surface area contributed by atoms with Crippen LogP contribution in [0.15, 0.2) is 53.4 Å². The molecule has 140 valence electrons. The van der Waals surface area contributed by atoms with Crippen molar-refractivity contribution in [3.05, 3.63) is 69.8 Å². The standard InChI is InChI=1S/C17H19NO7S/c1-12-2-8-15(9-3-12)26(23,24)25-11-17(20)16(19)10-13-4-6-14(7-5-13)18(21)22/h2-9,16-17,19-20H,10-11H2,1H3. The molecule has 2 aromatic rings. The highest BCUT2D eigenvalue weighted by atomic mass is 32.2. The van der Waals surface area contributed by atoms with Gasteiger partial charge in [-0.3, -0.25) is 14.3 Å². The van der Waals surface area contributed by atoms with E-state index in [2.05, 4.69) is 0 Å². The molecule has 2 unspecified atom stereocenters. The zero-order valence-corrected chi connectivity index (χ0v) is 14.8. The summed E-state index contributed by atoms with van der Waals surface area (Å²) in [5, 5.41) is 30.5. The molecule has 0 saturated heterocycles. The van der Waals surface area contributed by atoms with Gasteiger partial charge in [0.2, 0.25) is 0 Å². The van der Waals surface area contributed by atoms with Crippen LogP contribution >= 0.6 is 0 Å². The highest BCUT2D eigenvalue weighted by Crippen LogP contribution is 2.16. The monoisotopic (exact) mass is 381 g/mol. The van der Waals surface area contributed by atoms with E-state index < -0.39 is 33.9 Å². The smallest absolute Gasteiger partial charge is 0.297 e. The molecular formula is C17H19NO7S. The molecule has 0 amide bonds. The van der Waals surface area contributed by atoms with Crippen molar-refractivity contribution >= 4 is 15.8 Å². The van der Waals surface area contributed by atoms with E-state index in [4.69, 9.17) is 4.18 Å². The number of aliphatic hydroxyl groups is 2. The van der Waals surface area contributed by atoms with Crippen molar-refractivity contribution in [1.29, 1.82) is 0 Å². The zero-order valence-electron chi connectivity index (χ0n) is 14.0. The normalized spacial score (nSPS) is 14.0. The molecule has 0 spiro atoms. The van der Waals surface area contributed by atoms with E-state index in [0.29, 0.717) is 5.56 Å². The number of nitro groups is 1. The fourth-order valence-corrected chi connectivity index (χ4v) is 3.10. The van der Waals surface area contributed by atoms with Crippen LogP contribution < -0.4 is 0 Å². The lowest BCUT2D eigenvalue weighted by Gasteiger charge is -2.17. The van der Waals surface area contributed by atoms with Gasteiger partial charge in [0.05, 0.1) is 22.5 Å². The third-order valence-electron chi connectivity index (χ3n) is 3.74. The van der Waals surface area contributed by atoms with Crippen LogP contribution in [-0.4, -0.2) is 42.4 Å². The Balaban J connectivity index is 1.93. The van der Waals surface area contributed by atoms with Gasteiger partial charge in [0.25, 0.3) is 15.8 Å². The fraction of sp³-hybridized carbons (Fsp3) is 0.294. The Kier molecular flexibility index (Phi) is 6.43. The Morgan fingerprint density at radius 2 is 1.62 bits per heavy atom. The highest BCUT2D eigenvalue weighted by molar-refractivity contribution is 7.86. The molecule has 0 saturated carbocycles. The predicted octanol–water partition coefficient (Wildman–Crippen LogP) is 1.57. The van der Waals surface area contributed by atoms with Gasteiger partial charge < -0.3 is 10.2 Å². The van der Waals surface area contributed by atoms with Crippen LogP contribution in [0.5, 0.6) is 0 Å². The number of nitro benzene ring substituents is 1. The average Bonchev–Trinajstić information content (AvgIpc) is 2.60. The molecule has 9 heteroatoms. The summed E-state index contributed by atoms with van der Waals surface area (Å²) < 4.78 is 28.9. The maximum absolute atomic E-state index is 12.1. The van der Waals surface area contributed by atoms with Crippen molar-refractivity contribution in [3.63, 3.8) is 0 Å². The molecule has 2 rings (SSSR count). The van der Waals surface area contributed by atoms with Crippen molar-refractivity contribution in [2.45, 2.75) is 30.4 Å². The van der Waals surface area contributed by atoms with Crippen LogP contribution in [0.1, 0.15) is 11.1 Å². The Morgan fingerprint density at radius 3 is 2.15 bits per heavy atom. The van der Waals surface area contributed by atoms with Crippen molar-refractivity contribution in [2.75, 3.05) is 6.61 Å². The minimum absolute atomic E-state index is 0.00684. The van der Waals surface area contributed by atoms with Crippen LogP contribution in [0.4, 0.5) is 5.69 Å². The number of nitrogens with zero attached hydrogens (tertiary/aromatic N) is 1. The maximum atomic E-state index is 12.1. The first-order valence-electron chi connectivity index (χ1n) is 7.74. The van der Waals surface area contributed by atoms with Gasteiger partial charge in [-0.2, -0.15) is 8.42 Å². The van der Waals surface area contributed by atoms with Gasteiger partial charge in [-0.1, -0.05) is 29.8 Å². The van der Waals surface area contributed by atoms with E-state index >= 15 is 0 Å². The van der Waals surface area contributed by atoms with Gasteiger partial charge in [0, 0.05) is 18.6 Å². The summed E-state index contributed by atoms with van der Waals surface area (Å²) in [6.45, 7) is 1.21. The molecule has 2 atom stereocenters. The first-order valence-corrected chi connectivity index (χ1v) is 9.15. The first-order chi connectivity index (χ1) is 12.2. The third kappa shape index (κ3) is 5.33. The number of rotatable bonds is 8. The molecule has 0 heterocycles. The molecule has 2 aromatic carbocycles. The molecule has 0 aliphatic heterocycles. The molecule has 0 radical (unpaired) electrons. The predicted molar refractivity (Wildman–Crippen MR) is 93.1 cm³/mol. The number of hydrogen-bond acceptors (Lipinski definition) is 7. The molecule has 26 heavy (non-hydrogen) atoms. The summed E-state index contributed by atoms with van der Waals surface area (Å²) in [6.07, 6.45) is -2.73. The summed E-state index contributed by atoms with van der Waals surface area (Å²) >= 11 is 0. The van der Waals surface area contributed by atoms with Gasteiger partial charge in [0.1, 0.15) is 6.10 Å². The van der Waals surface area contributed by atoms with E-state index in [-0.39, 0.29) is 17.0 Å². The van der Waals surface area contributed by atoms with Crippen molar-refractivity contribution in [3.8, 4) is 0 Å². The molecule has 8 nitrogen and oxygen atoms in total. The van der Waals surface area contributed by atoms with Crippen LogP contribution in [0, 0.1) is 17.0 Å². The van der Waals surface area contributed by atoms with E-state index in [1.807, 2.05) is 6.92 Å². The summed E-state index contributed by atoms with van der Waals surface area (Å²) in [7, 11) is -4.04. The lowest BCUT2D eigenvalue weighted by atomic mass is 10.0. The Bertz CT molecular complexity index is 848. The lowest BCUT2D eigenvalue weighted by Crippen LogP contribution is -2.33. The topological polar surface area (TPSA) is 127 Å². The van der Waals surface area contributed by atoms with Gasteiger partial charge in [-0.15, -0.1) is 0 Å². The number of benzene rings is 2. The second-order valence-corrected chi connectivity index (χ2v) is 7.43. The number of aryl methyl sites for hydroxylation is 1. The van der Waals surface area contributed by atoms with Crippen molar-refractivity contribution < 1.29 is 27.7 Å². The van der Waals surface area contributed by atoms with Crippen molar-refractivity contribution in [1.82, 2.24) is 0 Å². The third-order valence-corrected chi connectivity index (χ3v) is 5.04. The number of hydrogen-bond donors (Lipinski definition) is 2. The van der Waals surface area contributed by atoms with E-state index in [0.717, 1.165) is 5.56 Å². The number of non-ortho nitro benzene ring substituents is 1. The first kappa shape index (κ1) is 20.0. The van der Waals surface area contributed by atoms with E-state index in [1.165, 1.54) is 36.4 Å². The van der Waals surface area contributed by atoms with Gasteiger partial charge in [-0.05, 0) is 24.6 Å².